The molecule has 0 unspecified atom stereocenters. The molecule has 2 rings (SSSR count). The lowest BCUT2D eigenvalue weighted by molar-refractivity contribution is 0.568. The smallest absolute Gasteiger partial charge is 0.226 e. The van der Waals surface area contributed by atoms with Crippen LogP contribution in [0.1, 0.15) is 5.76 Å². The summed E-state index contributed by atoms with van der Waals surface area (Å²) in [5.74, 6) is 0.709. The van der Waals surface area contributed by atoms with Crippen molar-refractivity contribution in [2.45, 2.75) is 0 Å². The van der Waals surface area contributed by atoms with Crippen LogP contribution in [0.15, 0.2) is 34.7 Å². The highest BCUT2D eigenvalue weighted by molar-refractivity contribution is 6.30. The topological polar surface area (TPSA) is 63.0 Å². The fraction of sp³-hybridized carbons (Fsp3) is 0. The summed E-state index contributed by atoms with van der Waals surface area (Å²) >= 11 is 5.76. The number of nitrogen functional groups attached to an aromatic ring is 1. The van der Waals surface area contributed by atoms with Gasteiger partial charge in [0.2, 0.25) is 5.76 Å². The highest BCUT2D eigenvalue weighted by Gasteiger charge is 2.08. The normalized spacial score (nSPS) is 9.87. The van der Waals surface area contributed by atoms with Gasteiger partial charge in [-0.15, -0.1) is 0 Å². The number of anilines is 1. The van der Waals surface area contributed by atoms with E-state index in [1.807, 2.05) is 18.2 Å². The highest BCUT2D eigenvalue weighted by atomic mass is 35.5. The van der Waals surface area contributed by atoms with Crippen LogP contribution in [0.3, 0.4) is 0 Å². The summed E-state index contributed by atoms with van der Waals surface area (Å²) in [5.41, 5.74) is 6.77. The van der Waals surface area contributed by atoms with Crippen molar-refractivity contribution in [2.24, 2.45) is 0 Å². The SMILES string of the molecule is N#Cc1oc(-c2ccc(Cl)cc2)cc1N. The molecule has 0 aliphatic rings. The minimum atomic E-state index is 0.139. The van der Waals surface area contributed by atoms with Crippen LogP contribution in [0.4, 0.5) is 5.69 Å². The Balaban J connectivity index is 2.46. The third kappa shape index (κ3) is 1.80. The third-order valence-corrected chi connectivity index (χ3v) is 2.24. The number of nitriles is 1. The largest absolute Gasteiger partial charge is 0.443 e. The molecule has 2 aromatic rings. The van der Waals surface area contributed by atoms with Gasteiger partial charge in [-0.25, -0.2) is 0 Å². The molecule has 0 radical (unpaired) electrons. The molecule has 0 bridgehead atoms. The van der Waals surface area contributed by atoms with Crippen molar-refractivity contribution in [2.75, 3.05) is 5.73 Å². The van der Waals surface area contributed by atoms with Crippen LogP contribution in [0.2, 0.25) is 5.02 Å². The number of hydrogen-bond acceptors (Lipinski definition) is 3. The molecule has 0 amide bonds. The van der Waals surface area contributed by atoms with Gasteiger partial charge in [0, 0.05) is 16.7 Å². The third-order valence-electron chi connectivity index (χ3n) is 1.99. The van der Waals surface area contributed by atoms with Gasteiger partial charge in [0.05, 0.1) is 5.69 Å². The zero-order chi connectivity index (χ0) is 10.8. The predicted octanol–water partition coefficient (Wildman–Crippen LogP) is 3.05. The lowest BCUT2D eigenvalue weighted by Crippen LogP contribution is -1.82. The Morgan fingerprint density at radius 1 is 1.27 bits per heavy atom. The van der Waals surface area contributed by atoms with E-state index >= 15 is 0 Å². The Labute approximate surface area is 91.7 Å². The molecule has 1 aromatic heterocycles. The maximum atomic E-state index is 8.68. The second-order valence-corrected chi connectivity index (χ2v) is 3.45. The summed E-state index contributed by atoms with van der Waals surface area (Å²) in [4.78, 5) is 0. The molecule has 1 heterocycles. The van der Waals surface area contributed by atoms with E-state index < -0.39 is 0 Å². The molecule has 0 fully saturated rings. The van der Waals surface area contributed by atoms with Crippen LogP contribution in [0.5, 0.6) is 0 Å². The Morgan fingerprint density at radius 2 is 1.93 bits per heavy atom. The Bertz CT molecular complexity index is 523. The van der Waals surface area contributed by atoms with Crippen molar-refractivity contribution >= 4 is 17.3 Å². The van der Waals surface area contributed by atoms with E-state index in [1.54, 1.807) is 18.2 Å². The summed E-state index contributed by atoms with van der Waals surface area (Å²) < 4.78 is 5.26. The summed E-state index contributed by atoms with van der Waals surface area (Å²) in [6.45, 7) is 0. The lowest BCUT2D eigenvalue weighted by atomic mass is 10.2. The van der Waals surface area contributed by atoms with Crippen molar-refractivity contribution in [3.05, 3.63) is 41.1 Å². The predicted molar refractivity (Wildman–Crippen MR) is 58.3 cm³/mol. The van der Waals surface area contributed by atoms with Gasteiger partial charge < -0.3 is 10.2 Å². The number of nitrogens with two attached hydrogens (primary N) is 1. The monoisotopic (exact) mass is 218 g/mol. The first-order valence-electron chi connectivity index (χ1n) is 4.26. The molecule has 0 atom stereocenters. The van der Waals surface area contributed by atoms with E-state index in [4.69, 9.17) is 27.0 Å². The number of furan rings is 1. The maximum Gasteiger partial charge on any atom is 0.226 e. The summed E-state index contributed by atoms with van der Waals surface area (Å²) in [6.07, 6.45) is 0. The number of benzene rings is 1. The molecule has 0 aliphatic carbocycles. The molecule has 74 valence electrons. The van der Waals surface area contributed by atoms with Crippen LogP contribution >= 0.6 is 11.6 Å². The van der Waals surface area contributed by atoms with E-state index in [0.29, 0.717) is 16.5 Å². The van der Waals surface area contributed by atoms with Crippen molar-refractivity contribution in [1.82, 2.24) is 0 Å². The minimum Gasteiger partial charge on any atom is -0.443 e. The fourth-order valence-electron chi connectivity index (χ4n) is 1.25. The second-order valence-electron chi connectivity index (χ2n) is 3.01. The summed E-state index contributed by atoms with van der Waals surface area (Å²) in [6, 6.07) is 10.6. The van der Waals surface area contributed by atoms with Gasteiger partial charge in [0.25, 0.3) is 0 Å². The van der Waals surface area contributed by atoms with Gasteiger partial charge in [0.1, 0.15) is 11.8 Å². The first-order valence-corrected chi connectivity index (χ1v) is 4.64. The van der Waals surface area contributed by atoms with Gasteiger partial charge in [-0.3, -0.25) is 0 Å². The first kappa shape index (κ1) is 9.63. The molecule has 0 spiro atoms. The van der Waals surface area contributed by atoms with Crippen LogP contribution in [0.25, 0.3) is 11.3 Å². The Kier molecular flexibility index (Phi) is 2.36. The Morgan fingerprint density at radius 3 is 2.47 bits per heavy atom. The molecule has 3 nitrogen and oxygen atoms in total. The molecule has 0 saturated carbocycles. The van der Waals surface area contributed by atoms with E-state index in [0.717, 1.165) is 5.56 Å². The quantitative estimate of drug-likeness (QED) is 0.800. The van der Waals surface area contributed by atoms with Crippen molar-refractivity contribution in [3.8, 4) is 17.4 Å². The van der Waals surface area contributed by atoms with Crippen molar-refractivity contribution in [1.29, 1.82) is 5.26 Å². The van der Waals surface area contributed by atoms with Gasteiger partial charge >= 0.3 is 0 Å². The maximum absolute atomic E-state index is 8.68. The molecule has 2 N–H and O–H groups in total. The average molecular weight is 219 g/mol. The average Bonchev–Trinajstić information content (AvgIpc) is 2.61. The summed E-state index contributed by atoms with van der Waals surface area (Å²) in [7, 11) is 0. The van der Waals surface area contributed by atoms with Crippen molar-refractivity contribution in [3.63, 3.8) is 0 Å². The minimum absolute atomic E-state index is 0.139. The molecule has 15 heavy (non-hydrogen) atoms. The highest BCUT2D eigenvalue weighted by Crippen LogP contribution is 2.27. The number of rotatable bonds is 1. The summed E-state index contributed by atoms with van der Waals surface area (Å²) in [5, 5.41) is 9.33. The molecule has 4 heteroatoms. The zero-order valence-corrected chi connectivity index (χ0v) is 8.45. The molecule has 0 saturated heterocycles. The van der Waals surface area contributed by atoms with Gasteiger partial charge in [0.15, 0.2) is 0 Å². The van der Waals surface area contributed by atoms with Gasteiger partial charge in [-0.2, -0.15) is 5.26 Å². The van der Waals surface area contributed by atoms with Crippen LogP contribution in [0, 0.1) is 11.3 Å². The molecule has 1 aromatic carbocycles. The van der Waals surface area contributed by atoms with Gasteiger partial charge in [-0.1, -0.05) is 11.6 Å². The number of hydrogen-bond donors (Lipinski definition) is 1. The standard InChI is InChI=1S/C11H7ClN2O/c12-8-3-1-7(2-4-8)10-5-9(14)11(6-13)15-10/h1-5H,14H2. The van der Waals surface area contributed by atoms with E-state index in [2.05, 4.69) is 0 Å². The Hall–Kier alpha value is -1.92. The zero-order valence-electron chi connectivity index (χ0n) is 7.70. The van der Waals surface area contributed by atoms with Gasteiger partial charge in [-0.05, 0) is 24.3 Å². The van der Waals surface area contributed by atoms with Crippen molar-refractivity contribution < 1.29 is 4.42 Å². The van der Waals surface area contributed by atoms with E-state index in [-0.39, 0.29) is 5.76 Å². The number of nitrogens with zero attached hydrogens (tertiary/aromatic N) is 1. The van der Waals surface area contributed by atoms with Crippen LogP contribution in [-0.4, -0.2) is 0 Å². The van der Waals surface area contributed by atoms with E-state index in [1.165, 1.54) is 0 Å². The molecule has 0 aliphatic heterocycles. The lowest BCUT2D eigenvalue weighted by Gasteiger charge is -1.95. The molecular weight excluding hydrogens is 212 g/mol. The molecular formula is C11H7ClN2O. The van der Waals surface area contributed by atoms with Crippen LogP contribution in [-0.2, 0) is 0 Å². The first-order chi connectivity index (χ1) is 7.20. The van der Waals surface area contributed by atoms with Crippen LogP contribution < -0.4 is 5.73 Å². The number of halogens is 1. The fourth-order valence-corrected chi connectivity index (χ4v) is 1.37. The van der Waals surface area contributed by atoms with E-state index in [9.17, 15) is 0 Å². The second kappa shape index (κ2) is 3.68.